The number of hydrogen-bond acceptors (Lipinski definition) is 5. The molecule has 124 valence electrons. The molecule has 10 heteroatoms. The van der Waals surface area contributed by atoms with Crippen LogP contribution >= 0.6 is 0 Å². The molecule has 21 heavy (non-hydrogen) atoms. The fourth-order valence-corrected chi connectivity index (χ4v) is 0.605. The maximum absolute atomic E-state index is 4.90. The minimum atomic E-state index is 0. The first-order valence-corrected chi connectivity index (χ1v) is 5.29. The highest BCUT2D eigenvalue weighted by molar-refractivity contribution is 5.76. The summed E-state index contributed by atoms with van der Waals surface area (Å²) in [5.74, 6) is 0. The third-order valence-electron chi connectivity index (χ3n) is 1.40. The van der Waals surface area contributed by atoms with Crippen LogP contribution in [-0.4, -0.2) is 75.3 Å². The molecule has 0 spiro atoms. The van der Waals surface area contributed by atoms with Crippen LogP contribution in [-0.2, 0) is 0 Å². The summed E-state index contributed by atoms with van der Waals surface area (Å²) in [6.07, 6.45) is 0. The molecule has 0 radical (unpaired) electrons. The van der Waals surface area contributed by atoms with Gasteiger partial charge in [-0.3, -0.25) is 0 Å². The van der Waals surface area contributed by atoms with Crippen LogP contribution in [0.15, 0.2) is 30.3 Å². The van der Waals surface area contributed by atoms with E-state index in [2.05, 4.69) is 5.32 Å². The third kappa shape index (κ3) is 45.3. The van der Waals surface area contributed by atoms with Gasteiger partial charge in [-0.25, -0.2) is 0 Å². The van der Waals surface area contributed by atoms with Gasteiger partial charge in [0.15, 0.2) is 0 Å². The van der Waals surface area contributed by atoms with Crippen LogP contribution in [0.3, 0.4) is 0 Å². The maximum atomic E-state index is 4.90. The van der Waals surface area contributed by atoms with Crippen molar-refractivity contribution in [2.24, 2.45) is 22.9 Å². The Morgan fingerprint density at radius 3 is 1.10 bits per heavy atom. The minimum absolute atomic E-state index is 0. The molecular formula is C11H40B5N5. The SMILES string of the molecule is B.B.B.B.B.CNc1ccccc1.NCCN.NCCN. The monoisotopic (exact) mass is 297 g/mol. The summed E-state index contributed by atoms with van der Waals surface area (Å²) in [4.78, 5) is 0. The Hall–Kier alpha value is -0.815. The summed E-state index contributed by atoms with van der Waals surface area (Å²) >= 11 is 0. The van der Waals surface area contributed by atoms with Crippen molar-refractivity contribution in [3.8, 4) is 0 Å². The third-order valence-corrected chi connectivity index (χ3v) is 1.40. The summed E-state index contributed by atoms with van der Waals surface area (Å²) in [5.41, 5.74) is 20.8. The zero-order valence-corrected chi connectivity index (χ0v) is 10.0. The van der Waals surface area contributed by atoms with Crippen LogP contribution in [0, 0.1) is 0 Å². The normalized spacial score (nSPS) is 6.14. The molecule has 0 aliphatic carbocycles. The van der Waals surface area contributed by atoms with Gasteiger partial charge < -0.3 is 28.3 Å². The summed E-state index contributed by atoms with van der Waals surface area (Å²) in [7, 11) is 1.91. The van der Waals surface area contributed by atoms with Crippen molar-refractivity contribution in [2.75, 3.05) is 38.5 Å². The minimum Gasteiger partial charge on any atom is -0.388 e. The van der Waals surface area contributed by atoms with E-state index in [0.717, 1.165) is 5.69 Å². The van der Waals surface area contributed by atoms with Crippen LogP contribution in [0.5, 0.6) is 0 Å². The molecule has 9 N–H and O–H groups in total. The Balaban J connectivity index is -0.0000000271. The van der Waals surface area contributed by atoms with Gasteiger partial charge in [0.2, 0.25) is 0 Å². The second-order valence-corrected chi connectivity index (χ2v) is 2.77. The fourth-order valence-electron chi connectivity index (χ4n) is 0.605. The van der Waals surface area contributed by atoms with Crippen LogP contribution in [0.25, 0.3) is 0 Å². The molecule has 5 nitrogen and oxygen atoms in total. The molecule has 1 aromatic carbocycles. The number of hydrogen-bond donors (Lipinski definition) is 5. The molecule has 0 atom stereocenters. The quantitative estimate of drug-likeness (QED) is 0.356. The number of anilines is 1. The van der Waals surface area contributed by atoms with Crippen molar-refractivity contribution in [3.63, 3.8) is 0 Å². The first kappa shape index (κ1) is 42.7. The fraction of sp³-hybridized carbons (Fsp3) is 0.455. The Labute approximate surface area is 140 Å². The lowest BCUT2D eigenvalue weighted by Gasteiger charge is -1.94. The molecule has 0 bridgehead atoms. The molecule has 0 unspecified atom stereocenters. The van der Waals surface area contributed by atoms with E-state index in [1.165, 1.54) is 0 Å². The largest absolute Gasteiger partial charge is 0.388 e. The van der Waals surface area contributed by atoms with Gasteiger partial charge in [-0.1, -0.05) is 18.2 Å². The Morgan fingerprint density at radius 2 is 0.952 bits per heavy atom. The highest BCUT2D eigenvalue weighted by Gasteiger charge is 1.77. The highest BCUT2D eigenvalue weighted by atomic mass is 14.8. The van der Waals surface area contributed by atoms with Crippen LogP contribution in [0.4, 0.5) is 5.69 Å². The van der Waals surface area contributed by atoms with Crippen molar-refractivity contribution >= 4 is 47.8 Å². The second-order valence-electron chi connectivity index (χ2n) is 2.77. The zero-order chi connectivity index (χ0) is 12.6. The van der Waals surface area contributed by atoms with Gasteiger partial charge in [-0.05, 0) is 12.1 Å². The summed E-state index contributed by atoms with van der Waals surface area (Å²) in [6.45, 7) is 2.39. The van der Waals surface area contributed by atoms with Gasteiger partial charge in [0.05, 0.1) is 42.1 Å². The molecule has 0 saturated carbocycles. The van der Waals surface area contributed by atoms with Gasteiger partial charge in [-0.2, -0.15) is 0 Å². The van der Waals surface area contributed by atoms with Crippen molar-refractivity contribution in [2.45, 2.75) is 0 Å². The summed E-state index contributed by atoms with van der Waals surface area (Å²) < 4.78 is 0. The Bertz CT molecular complexity index is 211. The smallest absolute Gasteiger partial charge is 0.0814 e. The van der Waals surface area contributed by atoms with Gasteiger partial charge in [0, 0.05) is 38.9 Å². The lowest BCUT2D eigenvalue weighted by atomic mass is 10.3. The molecule has 0 heterocycles. The molecule has 1 aromatic rings. The summed E-state index contributed by atoms with van der Waals surface area (Å²) in [6, 6.07) is 10.1. The van der Waals surface area contributed by atoms with Crippen molar-refractivity contribution in [3.05, 3.63) is 30.3 Å². The number of para-hydroxylation sites is 1. The average molecular weight is 297 g/mol. The van der Waals surface area contributed by atoms with Crippen LogP contribution in [0.2, 0.25) is 0 Å². The predicted octanol–water partition coefficient (Wildman–Crippen LogP) is -6.38. The van der Waals surface area contributed by atoms with Gasteiger partial charge >= 0.3 is 0 Å². The van der Waals surface area contributed by atoms with Gasteiger partial charge in [0.1, 0.15) is 0 Å². The Morgan fingerprint density at radius 1 is 0.667 bits per heavy atom. The van der Waals surface area contributed by atoms with Crippen LogP contribution in [0.1, 0.15) is 0 Å². The van der Waals surface area contributed by atoms with Crippen molar-refractivity contribution < 1.29 is 0 Å². The van der Waals surface area contributed by atoms with Crippen molar-refractivity contribution in [1.29, 1.82) is 0 Å². The van der Waals surface area contributed by atoms with E-state index < -0.39 is 0 Å². The van der Waals surface area contributed by atoms with Crippen LogP contribution < -0.4 is 28.3 Å². The molecule has 0 amide bonds. The van der Waals surface area contributed by atoms with E-state index in [4.69, 9.17) is 22.9 Å². The van der Waals surface area contributed by atoms with E-state index in [9.17, 15) is 0 Å². The molecule has 0 aromatic heterocycles. The van der Waals surface area contributed by atoms with Crippen molar-refractivity contribution in [1.82, 2.24) is 0 Å². The number of rotatable bonds is 3. The second kappa shape index (κ2) is 42.7. The number of nitrogens with one attached hydrogen (secondary N) is 1. The highest BCUT2D eigenvalue weighted by Crippen LogP contribution is 2.01. The molecule has 0 aliphatic heterocycles. The molecule has 0 fully saturated rings. The molecular weight excluding hydrogens is 256 g/mol. The first-order chi connectivity index (χ1) is 7.76. The first-order valence-electron chi connectivity index (χ1n) is 5.29. The predicted molar refractivity (Wildman–Crippen MR) is 122 cm³/mol. The zero-order valence-electron chi connectivity index (χ0n) is 10.0. The van der Waals surface area contributed by atoms with E-state index in [0.29, 0.717) is 26.2 Å². The van der Waals surface area contributed by atoms with Gasteiger partial charge in [0.25, 0.3) is 0 Å². The lowest BCUT2D eigenvalue weighted by molar-refractivity contribution is 0.976. The topological polar surface area (TPSA) is 116 Å². The van der Waals surface area contributed by atoms with E-state index in [1.54, 1.807) is 0 Å². The standard InChI is InChI=1S/C7H9N.2C2H8N2.5BH3/c1-8-7-5-3-2-4-6-7;2*3-1-2-4;;;;;/h2-6,8H,1H3;2*1-4H2;5*1H3. The van der Waals surface area contributed by atoms with E-state index >= 15 is 0 Å². The lowest BCUT2D eigenvalue weighted by Crippen LogP contribution is -2.11. The number of benzene rings is 1. The van der Waals surface area contributed by atoms with Gasteiger partial charge in [-0.15, -0.1) is 0 Å². The maximum Gasteiger partial charge on any atom is 0.0814 e. The number of nitrogens with two attached hydrogens (primary N) is 4. The molecule has 1 rings (SSSR count). The summed E-state index contributed by atoms with van der Waals surface area (Å²) in [5, 5.41) is 3.03. The molecule has 0 saturated heterocycles. The average Bonchev–Trinajstić information content (AvgIpc) is 2.40. The van der Waals surface area contributed by atoms with E-state index in [-0.39, 0.29) is 42.1 Å². The van der Waals surface area contributed by atoms with E-state index in [1.807, 2.05) is 37.4 Å². The Kier molecular flexibility index (Phi) is 87.0. The molecule has 0 aliphatic rings.